The van der Waals surface area contributed by atoms with Gasteiger partial charge in [-0.2, -0.15) is 0 Å². The number of aliphatic imine (C=N–C) groups is 1. The molecule has 1 aromatic rings. The van der Waals surface area contributed by atoms with E-state index in [0.29, 0.717) is 12.6 Å². The molecule has 0 atom stereocenters. The third-order valence-electron chi connectivity index (χ3n) is 4.03. The highest BCUT2D eigenvalue weighted by Gasteiger charge is 2.21. The Hall–Kier alpha value is -1.91. The summed E-state index contributed by atoms with van der Waals surface area (Å²) in [6, 6.07) is 6.03. The number of rotatable bonds is 5. The third-order valence-corrected chi connectivity index (χ3v) is 4.03. The Morgan fingerprint density at radius 2 is 1.96 bits per heavy atom. The zero-order valence-electron chi connectivity index (χ0n) is 15.6. The molecule has 24 heavy (non-hydrogen) atoms. The molecule has 0 saturated heterocycles. The van der Waals surface area contributed by atoms with E-state index >= 15 is 0 Å². The van der Waals surface area contributed by atoms with E-state index in [0.717, 1.165) is 35.9 Å². The van der Waals surface area contributed by atoms with Crippen LogP contribution >= 0.6 is 0 Å². The van der Waals surface area contributed by atoms with Crippen molar-refractivity contribution in [3.05, 3.63) is 23.8 Å². The molecule has 0 spiro atoms. The van der Waals surface area contributed by atoms with E-state index < -0.39 is 0 Å². The Morgan fingerprint density at radius 3 is 2.54 bits per heavy atom. The molecule has 1 aliphatic carbocycles. The molecule has 5 nitrogen and oxygen atoms in total. The summed E-state index contributed by atoms with van der Waals surface area (Å²) in [6.45, 7) is 6.97. The van der Waals surface area contributed by atoms with Crippen molar-refractivity contribution in [3.8, 4) is 11.5 Å². The number of benzene rings is 1. The van der Waals surface area contributed by atoms with Gasteiger partial charge in [0.1, 0.15) is 0 Å². The predicted octanol–water partition coefficient (Wildman–Crippen LogP) is 3.48. The van der Waals surface area contributed by atoms with E-state index in [9.17, 15) is 0 Å². The molecule has 1 saturated carbocycles. The van der Waals surface area contributed by atoms with Gasteiger partial charge in [0, 0.05) is 24.7 Å². The van der Waals surface area contributed by atoms with Gasteiger partial charge in [-0.3, -0.25) is 4.99 Å². The molecule has 134 valence electrons. The normalized spacial score (nSPS) is 16.1. The number of ether oxygens (including phenoxy) is 2. The van der Waals surface area contributed by atoms with Gasteiger partial charge >= 0.3 is 0 Å². The van der Waals surface area contributed by atoms with Crippen LogP contribution in [0.1, 0.15) is 52.0 Å². The predicted molar refractivity (Wildman–Crippen MR) is 99.0 cm³/mol. The van der Waals surface area contributed by atoms with Crippen molar-refractivity contribution in [1.82, 2.24) is 10.6 Å². The average molecular weight is 333 g/mol. The van der Waals surface area contributed by atoms with Crippen LogP contribution in [-0.2, 0) is 6.54 Å². The Morgan fingerprint density at radius 1 is 1.25 bits per heavy atom. The first kappa shape index (κ1) is 18.4. The number of nitrogens with one attached hydrogen (secondary N) is 2. The standard InChI is InChI=1S/C19H31N3O2/c1-19(2,3)22-18(20-4)21-13-14-9-8-12-16(23-5)17(14)24-15-10-6-7-11-15/h8-9,12,15H,6-7,10-11,13H2,1-5H3,(H2,20,21,22). The maximum atomic E-state index is 6.27. The summed E-state index contributed by atoms with van der Waals surface area (Å²) in [7, 11) is 3.47. The molecule has 0 radical (unpaired) electrons. The number of methoxy groups -OCH3 is 1. The van der Waals surface area contributed by atoms with Gasteiger partial charge in [-0.05, 0) is 52.5 Å². The largest absolute Gasteiger partial charge is 0.493 e. The van der Waals surface area contributed by atoms with E-state index in [2.05, 4.69) is 42.5 Å². The van der Waals surface area contributed by atoms with Gasteiger partial charge < -0.3 is 20.1 Å². The van der Waals surface area contributed by atoms with E-state index in [-0.39, 0.29) is 5.54 Å². The molecule has 1 aliphatic rings. The second-order valence-corrected chi connectivity index (χ2v) is 7.27. The van der Waals surface area contributed by atoms with Gasteiger partial charge in [0.25, 0.3) is 0 Å². The van der Waals surface area contributed by atoms with Crippen LogP contribution in [-0.4, -0.2) is 31.8 Å². The summed E-state index contributed by atoms with van der Waals surface area (Å²) in [5.41, 5.74) is 1.04. The number of hydrogen-bond acceptors (Lipinski definition) is 3. The molecule has 2 N–H and O–H groups in total. The Kier molecular flexibility index (Phi) is 6.35. The van der Waals surface area contributed by atoms with E-state index in [4.69, 9.17) is 9.47 Å². The van der Waals surface area contributed by atoms with Gasteiger partial charge in [-0.1, -0.05) is 12.1 Å². The molecule has 5 heteroatoms. The Bertz CT molecular complexity index is 558. The van der Waals surface area contributed by atoms with E-state index in [1.54, 1.807) is 14.2 Å². The Balaban J connectivity index is 2.10. The first-order valence-electron chi connectivity index (χ1n) is 8.74. The zero-order valence-corrected chi connectivity index (χ0v) is 15.6. The van der Waals surface area contributed by atoms with Crippen LogP contribution in [0.15, 0.2) is 23.2 Å². The fraction of sp³-hybridized carbons (Fsp3) is 0.632. The monoisotopic (exact) mass is 333 g/mol. The highest BCUT2D eigenvalue weighted by Crippen LogP contribution is 2.34. The lowest BCUT2D eigenvalue weighted by molar-refractivity contribution is 0.198. The number of para-hydroxylation sites is 1. The van der Waals surface area contributed by atoms with Crippen LogP contribution in [0.2, 0.25) is 0 Å². The molecule has 0 aromatic heterocycles. The van der Waals surface area contributed by atoms with Crippen LogP contribution < -0.4 is 20.1 Å². The minimum atomic E-state index is -0.0423. The molecule has 1 aromatic carbocycles. The summed E-state index contributed by atoms with van der Waals surface area (Å²) in [4.78, 5) is 4.29. The lowest BCUT2D eigenvalue weighted by atomic mass is 10.1. The summed E-state index contributed by atoms with van der Waals surface area (Å²) in [5.74, 6) is 2.42. The van der Waals surface area contributed by atoms with Crippen LogP contribution in [0.4, 0.5) is 0 Å². The summed E-state index contributed by atoms with van der Waals surface area (Å²) in [6.07, 6.45) is 5.04. The minimum absolute atomic E-state index is 0.0423. The molecule has 2 rings (SSSR count). The van der Waals surface area contributed by atoms with Gasteiger partial charge in [0.15, 0.2) is 17.5 Å². The van der Waals surface area contributed by atoms with Crippen LogP contribution in [0, 0.1) is 0 Å². The number of nitrogens with zero attached hydrogens (tertiary/aromatic N) is 1. The molecule has 1 fully saturated rings. The number of hydrogen-bond donors (Lipinski definition) is 2. The molecular weight excluding hydrogens is 302 g/mol. The SMILES string of the molecule is CN=C(NCc1cccc(OC)c1OC1CCCC1)NC(C)(C)C. The highest BCUT2D eigenvalue weighted by molar-refractivity contribution is 5.80. The average Bonchev–Trinajstić information content (AvgIpc) is 3.04. The topological polar surface area (TPSA) is 54.9 Å². The molecule has 0 bridgehead atoms. The quantitative estimate of drug-likeness (QED) is 0.640. The lowest BCUT2D eigenvalue weighted by Crippen LogP contribution is -2.47. The van der Waals surface area contributed by atoms with E-state index in [1.165, 1.54) is 12.8 Å². The fourth-order valence-electron chi connectivity index (χ4n) is 2.88. The maximum Gasteiger partial charge on any atom is 0.191 e. The van der Waals surface area contributed by atoms with Crippen LogP contribution in [0.5, 0.6) is 11.5 Å². The smallest absolute Gasteiger partial charge is 0.191 e. The van der Waals surface area contributed by atoms with Crippen molar-refractivity contribution >= 4 is 5.96 Å². The van der Waals surface area contributed by atoms with Crippen molar-refractivity contribution in [2.45, 2.75) is 64.6 Å². The third kappa shape index (κ3) is 5.32. The molecule has 0 heterocycles. The molecule has 0 aliphatic heterocycles. The highest BCUT2D eigenvalue weighted by atomic mass is 16.5. The van der Waals surface area contributed by atoms with Gasteiger partial charge in [0.05, 0.1) is 13.2 Å². The minimum Gasteiger partial charge on any atom is -0.493 e. The Labute approximate surface area is 145 Å². The van der Waals surface area contributed by atoms with Gasteiger partial charge in [0.2, 0.25) is 0 Å². The zero-order chi connectivity index (χ0) is 17.6. The summed E-state index contributed by atoms with van der Waals surface area (Å²) < 4.78 is 11.8. The van der Waals surface area contributed by atoms with Crippen molar-refractivity contribution in [2.75, 3.05) is 14.2 Å². The molecule has 0 unspecified atom stereocenters. The summed E-state index contributed by atoms with van der Waals surface area (Å²) >= 11 is 0. The van der Waals surface area contributed by atoms with Crippen molar-refractivity contribution in [3.63, 3.8) is 0 Å². The van der Waals surface area contributed by atoms with Crippen molar-refractivity contribution in [1.29, 1.82) is 0 Å². The number of guanidine groups is 1. The van der Waals surface area contributed by atoms with Gasteiger partial charge in [-0.15, -0.1) is 0 Å². The molecular formula is C19H31N3O2. The van der Waals surface area contributed by atoms with Crippen LogP contribution in [0.25, 0.3) is 0 Å². The second kappa shape index (κ2) is 8.27. The second-order valence-electron chi connectivity index (χ2n) is 7.27. The van der Waals surface area contributed by atoms with Crippen molar-refractivity contribution < 1.29 is 9.47 Å². The lowest BCUT2D eigenvalue weighted by Gasteiger charge is -2.24. The fourth-order valence-corrected chi connectivity index (χ4v) is 2.88. The molecule has 0 amide bonds. The van der Waals surface area contributed by atoms with Crippen LogP contribution in [0.3, 0.4) is 0 Å². The van der Waals surface area contributed by atoms with Crippen molar-refractivity contribution in [2.24, 2.45) is 4.99 Å². The van der Waals surface area contributed by atoms with Gasteiger partial charge in [-0.25, -0.2) is 0 Å². The van der Waals surface area contributed by atoms with E-state index in [1.807, 2.05) is 12.1 Å². The summed E-state index contributed by atoms with van der Waals surface area (Å²) in [5, 5.41) is 6.73. The first-order valence-corrected chi connectivity index (χ1v) is 8.74. The maximum absolute atomic E-state index is 6.27. The first-order chi connectivity index (χ1) is 11.4.